The van der Waals surface area contributed by atoms with Crippen molar-refractivity contribution in [3.63, 3.8) is 0 Å². The van der Waals surface area contributed by atoms with E-state index in [4.69, 9.17) is 10.5 Å². The first-order valence-electron chi connectivity index (χ1n) is 4.08. The van der Waals surface area contributed by atoms with Crippen molar-refractivity contribution in [3.8, 4) is 11.5 Å². The minimum atomic E-state index is -3.27. The number of nitrogens with two attached hydrogens (primary N) is 1. The van der Waals surface area contributed by atoms with Crippen LogP contribution in [-0.4, -0.2) is 12.7 Å². The fourth-order valence-corrected chi connectivity index (χ4v) is 1.26. The number of anilines is 1. The third-order valence-electron chi connectivity index (χ3n) is 2.06. The number of nitrogen functional groups attached to an aromatic ring is 1. The summed E-state index contributed by atoms with van der Waals surface area (Å²) >= 11 is 0. The van der Waals surface area contributed by atoms with Crippen molar-refractivity contribution in [1.82, 2.24) is 0 Å². The molecule has 0 aliphatic carbocycles. The standard InChI is InChI=1S/C9H9F2NO2/c1-5-6(12)2-3-7-8(5)14-9(10,11)4-13-7/h2-3H,4,12H2,1H3. The summed E-state index contributed by atoms with van der Waals surface area (Å²) in [6, 6.07) is 3.12. The molecule has 0 atom stereocenters. The Labute approximate surface area is 79.4 Å². The number of fused-ring (bicyclic) bond motifs is 1. The van der Waals surface area contributed by atoms with Gasteiger partial charge in [0.15, 0.2) is 18.1 Å². The van der Waals surface area contributed by atoms with Crippen LogP contribution in [0.4, 0.5) is 14.5 Å². The van der Waals surface area contributed by atoms with Crippen LogP contribution < -0.4 is 15.2 Å². The molecule has 0 fully saturated rings. The third-order valence-corrected chi connectivity index (χ3v) is 2.06. The average Bonchev–Trinajstić information content (AvgIpc) is 2.11. The zero-order chi connectivity index (χ0) is 10.3. The van der Waals surface area contributed by atoms with Crippen molar-refractivity contribution in [2.45, 2.75) is 13.0 Å². The van der Waals surface area contributed by atoms with Crippen LogP contribution in [0.5, 0.6) is 11.5 Å². The molecule has 0 saturated heterocycles. The highest BCUT2D eigenvalue weighted by molar-refractivity contribution is 5.60. The molecule has 0 radical (unpaired) electrons. The zero-order valence-electron chi connectivity index (χ0n) is 7.51. The van der Waals surface area contributed by atoms with Crippen LogP contribution in [0.1, 0.15) is 5.56 Å². The second kappa shape index (κ2) is 2.73. The van der Waals surface area contributed by atoms with E-state index in [1.54, 1.807) is 13.0 Å². The lowest BCUT2D eigenvalue weighted by Gasteiger charge is -2.27. The van der Waals surface area contributed by atoms with Gasteiger partial charge in [-0.25, -0.2) is 0 Å². The van der Waals surface area contributed by atoms with E-state index >= 15 is 0 Å². The van der Waals surface area contributed by atoms with Gasteiger partial charge in [-0.2, -0.15) is 8.78 Å². The zero-order valence-corrected chi connectivity index (χ0v) is 7.51. The maximum atomic E-state index is 12.8. The van der Waals surface area contributed by atoms with Crippen LogP contribution >= 0.6 is 0 Å². The molecule has 0 bridgehead atoms. The maximum absolute atomic E-state index is 12.8. The monoisotopic (exact) mass is 201 g/mol. The minimum absolute atomic E-state index is 0.0289. The Bertz CT molecular complexity index is 379. The molecule has 0 spiro atoms. The summed E-state index contributed by atoms with van der Waals surface area (Å²) in [7, 11) is 0. The molecule has 76 valence electrons. The second-order valence-corrected chi connectivity index (χ2v) is 3.14. The molecule has 2 N–H and O–H groups in total. The van der Waals surface area contributed by atoms with E-state index in [2.05, 4.69) is 4.74 Å². The number of benzene rings is 1. The molecule has 3 nitrogen and oxygen atoms in total. The van der Waals surface area contributed by atoms with Crippen molar-refractivity contribution in [2.75, 3.05) is 12.3 Å². The summed E-state index contributed by atoms with van der Waals surface area (Å²) in [6.07, 6.45) is -3.27. The third kappa shape index (κ3) is 1.34. The van der Waals surface area contributed by atoms with Crippen LogP contribution in [0.25, 0.3) is 0 Å². The van der Waals surface area contributed by atoms with Crippen molar-refractivity contribution >= 4 is 5.69 Å². The molecule has 0 amide bonds. The normalized spacial score (nSPS) is 17.9. The smallest absolute Gasteiger partial charge is 0.433 e. The SMILES string of the molecule is Cc1c(N)ccc2c1OC(F)(F)CO2. The predicted molar refractivity (Wildman–Crippen MR) is 46.7 cm³/mol. The highest BCUT2D eigenvalue weighted by atomic mass is 19.3. The van der Waals surface area contributed by atoms with Gasteiger partial charge < -0.3 is 15.2 Å². The van der Waals surface area contributed by atoms with Gasteiger partial charge in [0, 0.05) is 11.3 Å². The molecule has 0 aromatic heterocycles. The largest absolute Gasteiger partial charge is 0.479 e. The van der Waals surface area contributed by atoms with Gasteiger partial charge in [0.05, 0.1) is 0 Å². The van der Waals surface area contributed by atoms with E-state index in [1.165, 1.54) is 6.07 Å². The molecule has 1 aromatic carbocycles. The van der Waals surface area contributed by atoms with Gasteiger partial charge in [-0.15, -0.1) is 0 Å². The molecule has 14 heavy (non-hydrogen) atoms. The lowest BCUT2D eigenvalue weighted by molar-refractivity contribution is -0.209. The molecule has 1 aromatic rings. The molecule has 5 heteroatoms. The summed E-state index contributed by atoms with van der Waals surface area (Å²) in [4.78, 5) is 0. The Morgan fingerprint density at radius 3 is 2.86 bits per heavy atom. The Balaban J connectivity index is 2.49. The molecule has 0 saturated carbocycles. The Morgan fingerprint density at radius 2 is 2.14 bits per heavy atom. The van der Waals surface area contributed by atoms with Crippen LogP contribution in [-0.2, 0) is 0 Å². The first kappa shape index (κ1) is 9.05. The lowest BCUT2D eigenvalue weighted by atomic mass is 10.1. The number of rotatable bonds is 0. The van der Waals surface area contributed by atoms with Gasteiger partial charge in [-0.1, -0.05) is 0 Å². The van der Waals surface area contributed by atoms with Crippen molar-refractivity contribution in [3.05, 3.63) is 17.7 Å². The van der Waals surface area contributed by atoms with Crippen LogP contribution in [0.2, 0.25) is 0 Å². The summed E-state index contributed by atoms with van der Waals surface area (Å²) in [5, 5.41) is 0. The molecule has 0 unspecified atom stereocenters. The van der Waals surface area contributed by atoms with Gasteiger partial charge in [0.25, 0.3) is 0 Å². The van der Waals surface area contributed by atoms with Crippen LogP contribution in [0, 0.1) is 6.92 Å². The molecular formula is C9H9F2NO2. The van der Waals surface area contributed by atoms with E-state index in [9.17, 15) is 8.78 Å². The summed E-state index contributed by atoms with van der Waals surface area (Å²) in [6.45, 7) is 0.849. The van der Waals surface area contributed by atoms with Crippen molar-refractivity contribution < 1.29 is 18.3 Å². The lowest BCUT2D eigenvalue weighted by Crippen LogP contribution is -2.36. The quantitative estimate of drug-likeness (QED) is 0.652. The van der Waals surface area contributed by atoms with Gasteiger partial charge in [-0.3, -0.25) is 0 Å². The summed E-state index contributed by atoms with van der Waals surface area (Å²) in [5.74, 6) is 0.337. The Morgan fingerprint density at radius 1 is 1.43 bits per heavy atom. The molecule has 1 aliphatic heterocycles. The number of hydrogen-bond donors (Lipinski definition) is 1. The van der Waals surface area contributed by atoms with Gasteiger partial charge in [0.2, 0.25) is 0 Å². The Hall–Kier alpha value is -1.52. The van der Waals surface area contributed by atoms with Crippen LogP contribution in [0.15, 0.2) is 12.1 Å². The highest BCUT2D eigenvalue weighted by Crippen LogP contribution is 2.41. The molecular weight excluding hydrogens is 192 g/mol. The number of ether oxygens (including phenoxy) is 2. The van der Waals surface area contributed by atoms with E-state index in [0.717, 1.165) is 0 Å². The summed E-state index contributed by atoms with van der Waals surface area (Å²) in [5.41, 5.74) is 6.43. The second-order valence-electron chi connectivity index (χ2n) is 3.14. The Kier molecular flexibility index (Phi) is 1.77. The van der Waals surface area contributed by atoms with Crippen molar-refractivity contribution in [1.29, 1.82) is 0 Å². The summed E-state index contributed by atoms with van der Waals surface area (Å²) < 4.78 is 35.0. The van der Waals surface area contributed by atoms with Gasteiger partial charge >= 0.3 is 6.11 Å². The fraction of sp³-hybridized carbons (Fsp3) is 0.333. The van der Waals surface area contributed by atoms with E-state index in [-0.39, 0.29) is 5.75 Å². The predicted octanol–water partition coefficient (Wildman–Crippen LogP) is 1.94. The molecule has 2 rings (SSSR count). The van der Waals surface area contributed by atoms with E-state index in [0.29, 0.717) is 17.0 Å². The average molecular weight is 201 g/mol. The number of hydrogen-bond acceptors (Lipinski definition) is 3. The first-order valence-corrected chi connectivity index (χ1v) is 4.08. The van der Waals surface area contributed by atoms with E-state index < -0.39 is 12.7 Å². The fourth-order valence-electron chi connectivity index (χ4n) is 1.26. The topological polar surface area (TPSA) is 44.5 Å². The number of alkyl halides is 2. The number of halogens is 2. The first-order chi connectivity index (χ1) is 6.49. The van der Waals surface area contributed by atoms with Crippen LogP contribution in [0.3, 0.4) is 0 Å². The maximum Gasteiger partial charge on any atom is 0.433 e. The molecule has 1 heterocycles. The van der Waals surface area contributed by atoms with Gasteiger partial charge in [-0.05, 0) is 19.1 Å². The minimum Gasteiger partial charge on any atom is -0.479 e. The van der Waals surface area contributed by atoms with E-state index in [1.807, 2.05) is 0 Å². The van der Waals surface area contributed by atoms with Crippen molar-refractivity contribution in [2.24, 2.45) is 0 Å². The molecule has 1 aliphatic rings. The van der Waals surface area contributed by atoms with Gasteiger partial charge in [0.1, 0.15) is 0 Å². The highest BCUT2D eigenvalue weighted by Gasteiger charge is 2.38.